The van der Waals surface area contributed by atoms with E-state index in [-0.39, 0.29) is 5.66 Å². The summed E-state index contributed by atoms with van der Waals surface area (Å²) < 4.78 is 11.5. The lowest BCUT2D eigenvalue weighted by Gasteiger charge is -2.31. The maximum atomic E-state index is 6.16. The molecule has 0 spiro atoms. The summed E-state index contributed by atoms with van der Waals surface area (Å²) in [5.74, 6) is 1.63. The molecule has 1 saturated heterocycles. The van der Waals surface area contributed by atoms with Crippen LogP contribution >= 0.6 is 0 Å². The summed E-state index contributed by atoms with van der Waals surface area (Å²) in [4.78, 5) is 0. The second-order valence-electron chi connectivity index (χ2n) is 7.73. The van der Waals surface area contributed by atoms with Crippen molar-refractivity contribution in [1.29, 1.82) is 0 Å². The number of hydrogen-bond acceptors (Lipinski definition) is 4. The van der Waals surface area contributed by atoms with Gasteiger partial charge in [0.05, 0.1) is 13.7 Å². The average molecular weight is 367 g/mol. The molecule has 0 radical (unpaired) electrons. The highest BCUT2D eigenvalue weighted by Crippen LogP contribution is 2.29. The van der Waals surface area contributed by atoms with Crippen molar-refractivity contribution in [1.82, 2.24) is 10.6 Å². The van der Waals surface area contributed by atoms with E-state index < -0.39 is 0 Å². The molecule has 0 unspecified atom stereocenters. The van der Waals surface area contributed by atoms with Gasteiger partial charge >= 0.3 is 0 Å². The molecule has 4 heteroatoms. The van der Waals surface area contributed by atoms with Gasteiger partial charge in [-0.1, -0.05) is 49.2 Å². The first-order valence-electron chi connectivity index (χ1n) is 10.1. The second-order valence-corrected chi connectivity index (χ2v) is 7.73. The Hall–Kier alpha value is -1.88. The summed E-state index contributed by atoms with van der Waals surface area (Å²) in [5, 5.41) is 7.27. The lowest BCUT2D eigenvalue weighted by atomic mass is 9.97. The van der Waals surface area contributed by atoms with E-state index in [0.717, 1.165) is 31.4 Å². The van der Waals surface area contributed by atoms with E-state index in [1.54, 1.807) is 7.11 Å². The standard InChI is InChI=1S/C23H30N2O2/c1-26-22-8-4-7-20(15-22)19-9-11-21(12-10-19)23(24-13-14-25-23)17-27-16-18-5-2-3-6-18/h4,7-12,15,18,24-25H,2-3,5-6,13-14,16-17H2,1H3. The number of rotatable bonds is 7. The molecule has 4 nitrogen and oxygen atoms in total. The number of nitrogens with one attached hydrogen (secondary N) is 2. The molecule has 0 atom stereocenters. The molecule has 2 aromatic rings. The summed E-state index contributed by atoms with van der Waals surface area (Å²) in [7, 11) is 1.70. The van der Waals surface area contributed by atoms with Gasteiger partial charge < -0.3 is 9.47 Å². The molecule has 144 valence electrons. The fourth-order valence-electron chi connectivity index (χ4n) is 4.31. The van der Waals surface area contributed by atoms with Crippen LogP contribution in [0.25, 0.3) is 11.1 Å². The van der Waals surface area contributed by atoms with Crippen LogP contribution in [0.3, 0.4) is 0 Å². The van der Waals surface area contributed by atoms with Crippen LogP contribution in [0, 0.1) is 5.92 Å². The normalized spacial score (nSPS) is 19.4. The highest BCUT2D eigenvalue weighted by atomic mass is 16.5. The van der Waals surface area contributed by atoms with Gasteiger partial charge in [0.15, 0.2) is 0 Å². The molecular weight excluding hydrogens is 336 g/mol. The van der Waals surface area contributed by atoms with Crippen molar-refractivity contribution in [2.75, 3.05) is 33.4 Å². The zero-order valence-electron chi connectivity index (χ0n) is 16.2. The van der Waals surface area contributed by atoms with Crippen LogP contribution < -0.4 is 15.4 Å². The van der Waals surface area contributed by atoms with Crippen molar-refractivity contribution in [3.05, 3.63) is 54.1 Å². The Kier molecular flexibility index (Phi) is 5.77. The highest BCUT2D eigenvalue weighted by molar-refractivity contribution is 5.65. The number of ether oxygens (including phenoxy) is 2. The molecule has 0 amide bonds. The van der Waals surface area contributed by atoms with E-state index in [2.05, 4.69) is 47.0 Å². The Morgan fingerprint density at radius 3 is 2.41 bits per heavy atom. The van der Waals surface area contributed by atoms with E-state index >= 15 is 0 Å². The molecule has 0 bridgehead atoms. The minimum Gasteiger partial charge on any atom is -0.497 e. The quantitative estimate of drug-likeness (QED) is 0.780. The first-order chi connectivity index (χ1) is 13.3. The zero-order chi connectivity index (χ0) is 18.5. The fourth-order valence-corrected chi connectivity index (χ4v) is 4.31. The predicted molar refractivity (Wildman–Crippen MR) is 109 cm³/mol. The summed E-state index contributed by atoms with van der Waals surface area (Å²) in [6.07, 6.45) is 5.37. The molecule has 1 heterocycles. The summed E-state index contributed by atoms with van der Waals surface area (Å²) in [6.45, 7) is 3.48. The van der Waals surface area contributed by atoms with Crippen molar-refractivity contribution in [2.24, 2.45) is 5.92 Å². The van der Waals surface area contributed by atoms with Gasteiger partial charge in [0.2, 0.25) is 0 Å². The van der Waals surface area contributed by atoms with E-state index in [1.807, 2.05) is 12.1 Å². The highest BCUT2D eigenvalue weighted by Gasteiger charge is 2.35. The minimum absolute atomic E-state index is 0.272. The first-order valence-corrected chi connectivity index (χ1v) is 10.1. The lowest BCUT2D eigenvalue weighted by molar-refractivity contribution is 0.0443. The monoisotopic (exact) mass is 366 g/mol. The van der Waals surface area contributed by atoms with Gasteiger partial charge in [-0.25, -0.2) is 0 Å². The molecular formula is C23H30N2O2. The summed E-state index contributed by atoms with van der Waals surface area (Å²) in [5.41, 5.74) is 3.32. The molecule has 2 aliphatic rings. The molecule has 2 fully saturated rings. The van der Waals surface area contributed by atoms with Crippen LogP contribution in [0.2, 0.25) is 0 Å². The van der Waals surface area contributed by atoms with Gasteiger partial charge in [0.25, 0.3) is 0 Å². The maximum Gasteiger partial charge on any atom is 0.119 e. The van der Waals surface area contributed by atoms with Crippen LogP contribution in [0.15, 0.2) is 48.5 Å². The van der Waals surface area contributed by atoms with Crippen LogP contribution in [0.1, 0.15) is 31.2 Å². The Morgan fingerprint density at radius 2 is 1.70 bits per heavy atom. The lowest BCUT2D eigenvalue weighted by Crippen LogP contribution is -2.50. The van der Waals surface area contributed by atoms with E-state index in [4.69, 9.17) is 9.47 Å². The molecule has 27 heavy (non-hydrogen) atoms. The Morgan fingerprint density at radius 1 is 0.963 bits per heavy atom. The smallest absolute Gasteiger partial charge is 0.119 e. The van der Waals surface area contributed by atoms with E-state index in [1.165, 1.54) is 42.4 Å². The van der Waals surface area contributed by atoms with Crippen molar-refractivity contribution >= 4 is 0 Å². The Balaban J connectivity index is 1.47. The minimum atomic E-state index is -0.272. The largest absolute Gasteiger partial charge is 0.497 e. The van der Waals surface area contributed by atoms with Gasteiger partial charge in [-0.2, -0.15) is 0 Å². The summed E-state index contributed by atoms with van der Waals surface area (Å²) in [6, 6.07) is 17.0. The third-order valence-corrected chi connectivity index (χ3v) is 5.91. The average Bonchev–Trinajstić information content (AvgIpc) is 3.41. The van der Waals surface area contributed by atoms with Crippen molar-refractivity contribution < 1.29 is 9.47 Å². The molecule has 4 rings (SSSR count). The molecule has 1 aliphatic heterocycles. The molecule has 1 saturated carbocycles. The Bertz CT molecular complexity index is 732. The molecule has 0 aromatic heterocycles. The molecule has 2 N–H and O–H groups in total. The number of methoxy groups -OCH3 is 1. The second kappa shape index (κ2) is 8.42. The van der Waals surface area contributed by atoms with Crippen LogP contribution in [-0.2, 0) is 10.4 Å². The van der Waals surface area contributed by atoms with Gasteiger partial charge in [-0.15, -0.1) is 0 Å². The van der Waals surface area contributed by atoms with Crippen LogP contribution in [0.4, 0.5) is 0 Å². The van der Waals surface area contributed by atoms with Gasteiger partial charge in [0, 0.05) is 19.7 Å². The fraction of sp³-hybridized carbons (Fsp3) is 0.478. The van der Waals surface area contributed by atoms with Gasteiger partial charge in [-0.3, -0.25) is 10.6 Å². The van der Waals surface area contributed by atoms with Crippen molar-refractivity contribution in [3.63, 3.8) is 0 Å². The van der Waals surface area contributed by atoms with Crippen LogP contribution in [-0.4, -0.2) is 33.4 Å². The predicted octanol–water partition coefficient (Wildman–Crippen LogP) is 3.91. The SMILES string of the molecule is COc1cccc(-c2ccc(C3(COCC4CCCC4)NCCN3)cc2)c1. The Labute approximate surface area is 162 Å². The summed E-state index contributed by atoms with van der Waals surface area (Å²) >= 11 is 0. The molecule has 1 aliphatic carbocycles. The third kappa shape index (κ3) is 4.18. The van der Waals surface area contributed by atoms with Gasteiger partial charge in [-0.05, 0) is 47.6 Å². The first kappa shape index (κ1) is 18.5. The number of benzene rings is 2. The zero-order valence-corrected chi connectivity index (χ0v) is 16.2. The maximum absolute atomic E-state index is 6.16. The number of hydrogen-bond donors (Lipinski definition) is 2. The third-order valence-electron chi connectivity index (χ3n) is 5.91. The molecule has 2 aromatic carbocycles. The van der Waals surface area contributed by atoms with Crippen molar-refractivity contribution in [2.45, 2.75) is 31.3 Å². The van der Waals surface area contributed by atoms with E-state index in [0.29, 0.717) is 6.61 Å². The van der Waals surface area contributed by atoms with Crippen LogP contribution in [0.5, 0.6) is 5.75 Å². The van der Waals surface area contributed by atoms with Gasteiger partial charge in [0.1, 0.15) is 11.4 Å². The van der Waals surface area contributed by atoms with E-state index in [9.17, 15) is 0 Å². The topological polar surface area (TPSA) is 42.5 Å². The van der Waals surface area contributed by atoms with Crippen molar-refractivity contribution in [3.8, 4) is 16.9 Å².